The molecular weight excluding hydrogens is 312 g/mol. The van der Waals surface area contributed by atoms with Crippen molar-refractivity contribution in [2.75, 3.05) is 0 Å². The molecule has 0 saturated carbocycles. The first-order valence-corrected chi connectivity index (χ1v) is 6.87. The summed E-state index contributed by atoms with van der Waals surface area (Å²) in [7, 11) is 0. The summed E-state index contributed by atoms with van der Waals surface area (Å²) in [4.78, 5) is 0. The normalized spacial score (nSPS) is 11.2. The Hall–Kier alpha value is -1.27. The predicted octanol–water partition coefficient (Wildman–Crippen LogP) is 3.54. The fraction of sp³-hybridized carbons (Fsp3) is 0.250. The Morgan fingerprint density at radius 2 is 2.28 bits per heavy atom. The van der Waals surface area contributed by atoms with Gasteiger partial charge < -0.3 is 0 Å². The van der Waals surface area contributed by atoms with Crippen LogP contribution in [0.3, 0.4) is 0 Å². The van der Waals surface area contributed by atoms with Crippen LogP contribution in [0.5, 0.6) is 0 Å². The lowest BCUT2D eigenvalue weighted by atomic mass is 10.2. The van der Waals surface area contributed by atoms with Gasteiger partial charge in [-0.05, 0) is 24.7 Å². The molecule has 0 radical (unpaired) electrons. The van der Waals surface area contributed by atoms with Crippen LogP contribution in [0.2, 0.25) is 0 Å². The molecule has 0 unspecified atom stereocenters. The molecule has 2 aromatic rings. The molecule has 18 heavy (non-hydrogen) atoms. The average molecular weight is 325 g/mol. The zero-order valence-corrected chi connectivity index (χ0v) is 12.3. The highest BCUT2D eigenvalue weighted by atomic mass is 79.9. The van der Waals surface area contributed by atoms with Gasteiger partial charge in [0, 0.05) is 16.5 Å². The highest BCUT2D eigenvalue weighted by molar-refractivity contribution is 9.10. The number of aryl methyl sites for hydroxylation is 1. The SMILES string of the molecule is CCCc1n[nH]c(=S)n1N=Cc1ccccc1Br. The quantitative estimate of drug-likeness (QED) is 0.690. The molecule has 0 atom stereocenters. The number of H-pyrrole nitrogens is 1. The van der Waals surface area contributed by atoms with Crippen LogP contribution in [0.4, 0.5) is 0 Å². The second kappa shape index (κ2) is 6.06. The zero-order chi connectivity index (χ0) is 13.0. The molecule has 1 N–H and O–H groups in total. The molecule has 2 rings (SSSR count). The third kappa shape index (κ3) is 2.94. The minimum Gasteiger partial charge on any atom is -0.250 e. The van der Waals surface area contributed by atoms with E-state index in [-0.39, 0.29) is 0 Å². The molecule has 0 amide bonds. The topological polar surface area (TPSA) is 46.0 Å². The standard InChI is InChI=1S/C12H13BrN4S/c1-2-5-11-15-16-12(18)17(11)14-8-9-6-3-4-7-10(9)13/h3-4,6-8H,2,5H2,1H3,(H,16,18). The molecule has 0 spiro atoms. The Kier molecular flexibility index (Phi) is 4.43. The Morgan fingerprint density at radius 3 is 3.00 bits per heavy atom. The number of halogens is 1. The molecule has 1 heterocycles. The van der Waals surface area contributed by atoms with Gasteiger partial charge in [-0.1, -0.05) is 41.1 Å². The first-order chi connectivity index (χ1) is 8.72. The highest BCUT2D eigenvalue weighted by Crippen LogP contribution is 2.13. The fourth-order valence-electron chi connectivity index (χ4n) is 1.53. The molecule has 94 valence electrons. The van der Waals surface area contributed by atoms with Gasteiger partial charge in [0.15, 0.2) is 5.82 Å². The van der Waals surface area contributed by atoms with Crippen LogP contribution < -0.4 is 0 Å². The summed E-state index contributed by atoms with van der Waals surface area (Å²) in [6, 6.07) is 7.89. The number of nitrogens with one attached hydrogen (secondary N) is 1. The fourth-order valence-corrected chi connectivity index (χ4v) is 2.11. The summed E-state index contributed by atoms with van der Waals surface area (Å²) in [6.07, 6.45) is 3.62. The third-order valence-electron chi connectivity index (χ3n) is 2.41. The van der Waals surface area contributed by atoms with Crippen molar-refractivity contribution in [3.63, 3.8) is 0 Å². The number of rotatable bonds is 4. The molecule has 0 fully saturated rings. The monoisotopic (exact) mass is 324 g/mol. The molecule has 1 aromatic heterocycles. The van der Waals surface area contributed by atoms with Gasteiger partial charge in [0.1, 0.15) is 0 Å². The first kappa shape index (κ1) is 13.2. The maximum Gasteiger partial charge on any atom is 0.216 e. The van der Waals surface area contributed by atoms with Crippen molar-refractivity contribution in [2.45, 2.75) is 19.8 Å². The Morgan fingerprint density at radius 1 is 1.50 bits per heavy atom. The minimum atomic E-state index is 0.516. The first-order valence-electron chi connectivity index (χ1n) is 5.67. The lowest BCUT2D eigenvalue weighted by Crippen LogP contribution is -1.98. The van der Waals surface area contributed by atoms with Crippen LogP contribution in [0.15, 0.2) is 33.8 Å². The number of hydrogen-bond donors (Lipinski definition) is 1. The largest absolute Gasteiger partial charge is 0.250 e. The summed E-state index contributed by atoms with van der Waals surface area (Å²) < 4.78 is 3.18. The van der Waals surface area contributed by atoms with Gasteiger partial charge in [-0.3, -0.25) is 5.10 Å². The van der Waals surface area contributed by atoms with E-state index in [0.29, 0.717) is 4.77 Å². The molecule has 0 aliphatic carbocycles. The van der Waals surface area contributed by atoms with Crippen molar-refractivity contribution in [2.24, 2.45) is 5.10 Å². The molecule has 1 aromatic carbocycles. The number of nitrogens with zero attached hydrogens (tertiary/aromatic N) is 3. The number of aromatic amines is 1. The van der Waals surface area contributed by atoms with E-state index in [1.807, 2.05) is 24.3 Å². The second-order valence-corrected chi connectivity index (χ2v) is 5.01. The van der Waals surface area contributed by atoms with Gasteiger partial charge in [-0.15, -0.1) is 0 Å². The maximum atomic E-state index is 5.15. The van der Waals surface area contributed by atoms with Crippen molar-refractivity contribution in [1.82, 2.24) is 14.9 Å². The van der Waals surface area contributed by atoms with Crippen molar-refractivity contribution < 1.29 is 0 Å². The molecular formula is C12H13BrN4S. The summed E-state index contributed by atoms with van der Waals surface area (Å²) in [5.41, 5.74) is 1.00. The van der Waals surface area contributed by atoms with E-state index in [4.69, 9.17) is 12.2 Å². The Bertz CT molecular complexity index is 615. The van der Waals surface area contributed by atoms with Gasteiger partial charge in [0.2, 0.25) is 4.77 Å². The number of aromatic nitrogens is 3. The van der Waals surface area contributed by atoms with Crippen LogP contribution in [-0.2, 0) is 6.42 Å². The van der Waals surface area contributed by atoms with E-state index in [9.17, 15) is 0 Å². The van der Waals surface area contributed by atoms with Crippen LogP contribution in [0, 0.1) is 4.77 Å². The summed E-state index contributed by atoms with van der Waals surface area (Å²) in [5, 5.41) is 11.3. The molecule has 4 nitrogen and oxygen atoms in total. The van der Waals surface area contributed by atoms with E-state index < -0.39 is 0 Å². The maximum absolute atomic E-state index is 5.15. The van der Waals surface area contributed by atoms with Crippen LogP contribution >= 0.6 is 28.1 Å². The lowest BCUT2D eigenvalue weighted by Gasteiger charge is -1.99. The highest BCUT2D eigenvalue weighted by Gasteiger charge is 2.03. The molecule has 6 heteroatoms. The van der Waals surface area contributed by atoms with Crippen molar-refractivity contribution in [3.8, 4) is 0 Å². The van der Waals surface area contributed by atoms with E-state index in [1.165, 1.54) is 0 Å². The zero-order valence-electron chi connectivity index (χ0n) is 9.93. The summed E-state index contributed by atoms with van der Waals surface area (Å²) in [5.74, 6) is 0.853. The minimum absolute atomic E-state index is 0.516. The van der Waals surface area contributed by atoms with Gasteiger partial charge in [-0.25, -0.2) is 0 Å². The smallest absolute Gasteiger partial charge is 0.216 e. The van der Waals surface area contributed by atoms with Crippen molar-refractivity contribution in [1.29, 1.82) is 0 Å². The van der Waals surface area contributed by atoms with Gasteiger partial charge in [0.25, 0.3) is 0 Å². The Balaban J connectivity index is 2.32. The third-order valence-corrected chi connectivity index (χ3v) is 3.39. The van der Waals surface area contributed by atoms with Crippen LogP contribution in [-0.4, -0.2) is 21.1 Å². The molecule has 0 aliphatic heterocycles. The van der Waals surface area contributed by atoms with Crippen molar-refractivity contribution >= 4 is 34.4 Å². The summed E-state index contributed by atoms with van der Waals surface area (Å²) >= 11 is 8.63. The van der Waals surface area contributed by atoms with Crippen LogP contribution in [0.25, 0.3) is 0 Å². The molecule has 0 aliphatic rings. The van der Waals surface area contributed by atoms with Gasteiger partial charge >= 0.3 is 0 Å². The van der Waals surface area contributed by atoms with E-state index in [1.54, 1.807) is 10.9 Å². The molecule has 0 bridgehead atoms. The van der Waals surface area contributed by atoms with Crippen molar-refractivity contribution in [3.05, 3.63) is 44.9 Å². The Labute approximate surface area is 119 Å². The van der Waals surface area contributed by atoms with E-state index in [2.05, 4.69) is 38.2 Å². The number of benzene rings is 1. The molecule has 0 saturated heterocycles. The second-order valence-electron chi connectivity index (χ2n) is 3.77. The van der Waals surface area contributed by atoms with Crippen LogP contribution in [0.1, 0.15) is 24.7 Å². The lowest BCUT2D eigenvalue weighted by molar-refractivity contribution is 0.740. The van der Waals surface area contributed by atoms with E-state index in [0.717, 1.165) is 28.7 Å². The van der Waals surface area contributed by atoms with E-state index >= 15 is 0 Å². The predicted molar refractivity (Wildman–Crippen MR) is 78.5 cm³/mol. The summed E-state index contributed by atoms with van der Waals surface area (Å²) in [6.45, 7) is 2.10. The average Bonchev–Trinajstić information content (AvgIpc) is 2.70. The number of hydrogen-bond acceptors (Lipinski definition) is 3. The van der Waals surface area contributed by atoms with Gasteiger partial charge in [0.05, 0.1) is 6.21 Å². The van der Waals surface area contributed by atoms with Gasteiger partial charge in [-0.2, -0.15) is 14.9 Å².